The van der Waals surface area contributed by atoms with E-state index in [0.717, 1.165) is 0 Å². The summed E-state index contributed by atoms with van der Waals surface area (Å²) in [6, 6.07) is 0. The van der Waals surface area contributed by atoms with Crippen LogP contribution in [0.15, 0.2) is 0 Å². The van der Waals surface area contributed by atoms with Crippen LogP contribution in [-0.4, -0.2) is 38.4 Å². The van der Waals surface area contributed by atoms with Gasteiger partial charge in [0.2, 0.25) is 5.82 Å². The Morgan fingerprint density at radius 1 is 1.62 bits per heavy atom. The van der Waals surface area contributed by atoms with Crippen LogP contribution in [0.25, 0.3) is 0 Å². The number of H-pyrrole nitrogens is 1. The average molecular weight is 184 g/mol. The molecule has 0 atom stereocenters. The van der Waals surface area contributed by atoms with E-state index in [2.05, 4.69) is 15.2 Å². The Balaban J connectivity index is 2.86. The number of nitrogens with one attached hydrogen (secondary N) is 1. The zero-order chi connectivity index (χ0) is 10.0. The average Bonchev–Trinajstić information content (AvgIpc) is 2.50. The van der Waals surface area contributed by atoms with Crippen molar-refractivity contribution in [3.05, 3.63) is 11.6 Å². The second kappa shape index (κ2) is 3.53. The lowest BCUT2D eigenvalue weighted by Crippen LogP contribution is -2.23. The molecule has 72 valence electrons. The molecule has 1 aromatic rings. The minimum atomic E-state index is -0.622. The van der Waals surface area contributed by atoms with E-state index in [1.54, 1.807) is 0 Å². The maximum Gasteiger partial charge on any atom is 0.316 e. The first kappa shape index (κ1) is 9.66. The van der Waals surface area contributed by atoms with Gasteiger partial charge >= 0.3 is 5.91 Å². The normalized spacial score (nSPS) is 10.5. The lowest BCUT2D eigenvalue weighted by Gasteiger charge is -2.03. The topological polar surface area (TPSA) is 82.1 Å². The van der Waals surface area contributed by atoms with Gasteiger partial charge in [-0.2, -0.15) is 0 Å². The van der Waals surface area contributed by atoms with Gasteiger partial charge in [-0.1, -0.05) is 13.8 Å². The largest absolute Gasteiger partial charge is 0.316 e. The van der Waals surface area contributed by atoms with Gasteiger partial charge in [0, 0.05) is 13.0 Å². The SMILES string of the molecule is CC(C)c1nc(C(=O)N(C)O)n[nH]1. The highest BCUT2D eigenvalue weighted by atomic mass is 16.5. The Hall–Kier alpha value is -1.43. The van der Waals surface area contributed by atoms with E-state index in [9.17, 15) is 4.79 Å². The summed E-state index contributed by atoms with van der Waals surface area (Å²) in [6.45, 7) is 3.86. The summed E-state index contributed by atoms with van der Waals surface area (Å²) in [4.78, 5) is 15.0. The van der Waals surface area contributed by atoms with Crippen LogP contribution in [0.3, 0.4) is 0 Å². The highest BCUT2D eigenvalue weighted by molar-refractivity contribution is 5.89. The van der Waals surface area contributed by atoms with Crippen LogP contribution in [0.4, 0.5) is 0 Å². The van der Waals surface area contributed by atoms with Crippen LogP contribution < -0.4 is 0 Å². The minimum Gasteiger partial charge on any atom is -0.286 e. The molecule has 0 saturated heterocycles. The molecular weight excluding hydrogens is 172 g/mol. The fourth-order valence-corrected chi connectivity index (χ4v) is 0.773. The zero-order valence-corrected chi connectivity index (χ0v) is 7.77. The first-order valence-electron chi connectivity index (χ1n) is 3.91. The summed E-state index contributed by atoms with van der Waals surface area (Å²) in [5, 5.41) is 15.6. The molecule has 0 saturated carbocycles. The second-order valence-electron chi connectivity index (χ2n) is 3.03. The molecule has 0 bridgehead atoms. The molecule has 6 nitrogen and oxygen atoms in total. The van der Waals surface area contributed by atoms with Gasteiger partial charge in [-0.3, -0.25) is 15.1 Å². The number of amides is 1. The maximum absolute atomic E-state index is 11.1. The van der Waals surface area contributed by atoms with Crippen molar-refractivity contribution in [3.63, 3.8) is 0 Å². The van der Waals surface area contributed by atoms with E-state index in [4.69, 9.17) is 5.21 Å². The molecule has 0 aliphatic heterocycles. The van der Waals surface area contributed by atoms with Crippen molar-refractivity contribution in [2.24, 2.45) is 0 Å². The van der Waals surface area contributed by atoms with Gasteiger partial charge in [-0.15, -0.1) is 5.10 Å². The van der Waals surface area contributed by atoms with Crippen LogP contribution in [0.2, 0.25) is 0 Å². The molecule has 1 aromatic heterocycles. The van der Waals surface area contributed by atoms with E-state index in [1.807, 2.05) is 13.8 Å². The van der Waals surface area contributed by atoms with Crippen LogP contribution >= 0.6 is 0 Å². The van der Waals surface area contributed by atoms with E-state index in [-0.39, 0.29) is 11.7 Å². The third kappa shape index (κ3) is 2.03. The van der Waals surface area contributed by atoms with Crippen molar-refractivity contribution in [2.75, 3.05) is 7.05 Å². The molecule has 0 aliphatic carbocycles. The molecule has 1 heterocycles. The van der Waals surface area contributed by atoms with Gasteiger partial charge in [0.1, 0.15) is 5.82 Å². The van der Waals surface area contributed by atoms with Crippen molar-refractivity contribution in [2.45, 2.75) is 19.8 Å². The van der Waals surface area contributed by atoms with Crippen LogP contribution in [-0.2, 0) is 0 Å². The molecule has 0 spiro atoms. The molecule has 0 aliphatic rings. The number of carbonyl (C=O) groups is 1. The first-order chi connectivity index (χ1) is 6.02. The molecule has 0 unspecified atom stereocenters. The fourth-order valence-electron chi connectivity index (χ4n) is 0.773. The molecule has 2 N–H and O–H groups in total. The highest BCUT2D eigenvalue weighted by Gasteiger charge is 2.16. The highest BCUT2D eigenvalue weighted by Crippen LogP contribution is 2.07. The molecule has 0 aromatic carbocycles. The van der Waals surface area contributed by atoms with Crippen LogP contribution in [0.5, 0.6) is 0 Å². The van der Waals surface area contributed by atoms with Crippen molar-refractivity contribution < 1.29 is 10.0 Å². The van der Waals surface area contributed by atoms with Gasteiger partial charge in [-0.05, 0) is 0 Å². The maximum atomic E-state index is 11.1. The van der Waals surface area contributed by atoms with Crippen molar-refractivity contribution in [1.29, 1.82) is 0 Å². The van der Waals surface area contributed by atoms with Gasteiger partial charge in [0.25, 0.3) is 0 Å². The van der Waals surface area contributed by atoms with E-state index >= 15 is 0 Å². The van der Waals surface area contributed by atoms with Gasteiger partial charge < -0.3 is 0 Å². The standard InChI is InChI=1S/C7H12N4O2/c1-4(2)5-8-6(10-9-5)7(12)11(3)13/h4,13H,1-3H3,(H,8,9,10). The number of carbonyl (C=O) groups excluding carboxylic acids is 1. The molecular formula is C7H12N4O2. The summed E-state index contributed by atoms with van der Waals surface area (Å²) < 4.78 is 0. The minimum absolute atomic E-state index is 0.0197. The Kier molecular flexibility index (Phi) is 2.62. The van der Waals surface area contributed by atoms with Gasteiger partial charge in [0.15, 0.2) is 0 Å². The Morgan fingerprint density at radius 3 is 2.62 bits per heavy atom. The predicted octanol–water partition coefficient (Wildman–Crippen LogP) is 0.389. The smallest absolute Gasteiger partial charge is 0.286 e. The summed E-state index contributed by atoms with van der Waals surface area (Å²) in [7, 11) is 1.23. The lowest BCUT2D eigenvalue weighted by atomic mass is 10.2. The zero-order valence-electron chi connectivity index (χ0n) is 7.77. The van der Waals surface area contributed by atoms with Gasteiger partial charge in [-0.25, -0.2) is 10.0 Å². The lowest BCUT2D eigenvalue weighted by molar-refractivity contribution is -0.0384. The van der Waals surface area contributed by atoms with Gasteiger partial charge in [0.05, 0.1) is 0 Å². The fraction of sp³-hybridized carbons (Fsp3) is 0.571. The number of rotatable bonds is 2. The molecule has 6 heteroatoms. The van der Waals surface area contributed by atoms with Crippen LogP contribution in [0, 0.1) is 0 Å². The molecule has 1 amide bonds. The molecule has 0 radical (unpaired) electrons. The van der Waals surface area contributed by atoms with Crippen molar-refractivity contribution >= 4 is 5.91 Å². The number of hydrogen-bond donors (Lipinski definition) is 2. The number of aromatic amines is 1. The Labute approximate surface area is 75.5 Å². The van der Waals surface area contributed by atoms with Crippen molar-refractivity contribution in [1.82, 2.24) is 20.2 Å². The summed E-state index contributed by atoms with van der Waals surface area (Å²) >= 11 is 0. The first-order valence-corrected chi connectivity index (χ1v) is 3.91. The third-order valence-electron chi connectivity index (χ3n) is 1.53. The number of hydroxylamine groups is 2. The van der Waals surface area contributed by atoms with E-state index < -0.39 is 5.91 Å². The Morgan fingerprint density at radius 2 is 2.23 bits per heavy atom. The predicted molar refractivity (Wildman–Crippen MR) is 44.4 cm³/mol. The van der Waals surface area contributed by atoms with E-state index in [1.165, 1.54) is 7.05 Å². The van der Waals surface area contributed by atoms with E-state index in [0.29, 0.717) is 10.9 Å². The molecule has 13 heavy (non-hydrogen) atoms. The summed E-state index contributed by atoms with van der Waals surface area (Å²) in [5.74, 6) is 0.167. The monoisotopic (exact) mass is 184 g/mol. The Bertz CT molecular complexity index is 305. The molecule has 1 rings (SSSR count). The van der Waals surface area contributed by atoms with Crippen molar-refractivity contribution in [3.8, 4) is 0 Å². The number of aromatic nitrogens is 3. The number of hydrogen-bond acceptors (Lipinski definition) is 4. The van der Waals surface area contributed by atoms with Crippen LogP contribution in [0.1, 0.15) is 36.2 Å². The summed E-state index contributed by atoms with van der Waals surface area (Å²) in [5.41, 5.74) is 0. The third-order valence-corrected chi connectivity index (χ3v) is 1.53. The second-order valence-corrected chi connectivity index (χ2v) is 3.03. The molecule has 0 fully saturated rings. The number of nitrogens with zero attached hydrogens (tertiary/aromatic N) is 3. The summed E-state index contributed by atoms with van der Waals surface area (Å²) in [6.07, 6.45) is 0. The quantitative estimate of drug-likeness (QED) is 0.514.